The van der Waals surface area contributed by atoms with Crippen molar-refractivity contribution in [2.45, 2.75) is 40.5 Å². The molecule has 0 spiro atoms. The largest absolute Gasteiger partial charge is 0.378 e. The van der Waals surface area contributed by atoms with E-state index in [-0.39, 0.29) is 5.41 Å². The summed E-state index contributed by atoms with van der Waals surface area (Å²) >= 11 is 0. The Kier molecular flexibility index (Phi) is 4.36. The number of allylic oxidation sites excluding steroid dienone is 6. The molecule has 2 aliphatic rings. The zero-order chi connectivity index (χ0) is 15.8. The molecule has 2 heteroatoms. The number of hydrogen-bond donors (Lipinski definition) is 1. The van der Waals surface area contributed by atoms with Crippen molar-refractivity contribution in [3.63, 3.8) is 0 Å². The van der Waals surface area contributed by atoms with E-state index in [1.54, 1.807) is 0 Å². The Bertz CT molecular complexity index is 510. The van der Waals surface area contributed by atoms with E-state index in [0.29, 0.717) is 11.8 Å². The Hall–Kier alpha value is -1.44. The molecule has 1 N–H and O–H groups in total. The molecular weight excluding hydrogens is 256 g/mol. The van der Waals surface area contributed by atoms with Crippen molar-refractivity contribution < 1.29 is 0 Å². The summed E-state index contributed by atoms with van der Waals surface area (Å²) in [5.41, 5.74) is 5.24. The number of nitrogens with zero attached hydrogens (tertiary/aromatic N) is 1. The summed E-state index contributed by atoms with van der Waals surface area (Å²) in [5.74, 6) is 1.07. The van der Waals surface area contributed by atoms with Gasteiger partial charge >= 0.3 is 0 Å². The Morgan fingerprint density at radius 3 is 2.81 bits per heavy atom. The van der Waals surface area contributed by atoms with Gasteiger partial charge in [0.15, 0.2) is 0 Å². The van der Waals surface area contributed by atoms with Gasteiger partial charge in [-0.1, -0.05) is 45.6 Å². The zero-order valence-corrected chi connectivity index (χ0v) is 14.3. The fourth-order valence-electron chi connectivity index (χ4n) is 3.42. The number of piperidine rings is 1. The maximum absolute atomic E-state index is 4.24. The van der Waals surface area contributed by atoms with Gasteiger partial charge in [0.25, 0.3) is 0 Å². The molecule has 2 atom stereocenters. The van der Waals surface area contributed by atoms with Crippen LogP contribution in [0.3, 0.4) is 0 Å². The highest BCUT2D eigenvalue weighted by Gasteiger charge is 2.42. The SMILES string of the molecule is C=C1CC(CN(C)C(=C)C(C)C)C2(C)CC=C(C)C=C2N1. The molecule has 0 aromatic heterocycles. The summed E-state index contributed by atoms with van der Waals surface area (Å²) in [6.45, 7) is 18.4. The van der Waals surface area contributed by atoms with Gasteiger partial charge in [0.2, 0.25) is 0 Å². The molecule has 21 heavy (non-hydrogen) atoms. The molecule has 0 radical (unpaired) electrons. The predicted octanol–water partition coefficient (Wildman–Crippen LogP) is 4.45. The predicted molar refractivity (Wildman–Crippen MR) is 91.6 cm³/mol. The third-order valence-electron chi connectivity index (χ3n) is 5.19. The Morgan fingerprint density at radius 2 is 2.19 bits per heavy atom. The normalized spacial score (nSPS) is 28.5. The summed E-state index contributed by atoms with van der Waals surface area (Å²) in [6, 6.07) is 0. The quantitative estimate of drug-likeness (QED) is 0.821. The molecule has 1 aliphatic heterocycles. The van der Waals surface area contributed by atoms with Crippen LogP contribution in [0.5, 0.6) is 0 Å². The lowest BCUT2D eigenvalue weighted by Crippen LogP contribution is -2.46. The van der Waals surface area contributed by atoms with Crippen LogP contribution in [-0.2, 0) is 0 Å². The van der Waals surface area contributed by atoms with Crippen LogP contribution >= 0.6 is 0 Å². The van der Waals surface area contributed by atoms with Gasteiger partial charge in [-0.2, -0.15) is 0 Å². The molecule has 0 saturated carbocycles. The van der Waals surface area contributed by atoms with Crippen molar-refractivity contribution in [1.29, 1.82) is 0 Å². The summed E-state index contributed by atoms with van der Waals surface area (Å²) in [6.07, 6.45) is 6.80. The highest BCUT2D eigenvalue weighted by Crippen LogP contribution is 2.47. The Balaban J connectivity index is 2.21. The molecule has 1 saturated heterocycles. The lowest BCUT2D eigenvalue weighted by atomic mass is 9.65. The molecule has 0 amide bonds. The minimum absolute atomic E-state index is 0.187. The van der Waals surface area contributed by atoms with Crippen LogP contribution in [0.15, 0.2) is 48.0 Å². The maximum Gasteiger partial charge on any atom is 0.0217 e. The molecule has 1 heterocycles. The van der Waals surface area contributed by atoms with Crippen molar-refractivity contribution in [2.75, 3.05) is 13.6 Å². The standard InChI is InChI=1S/C19H30N2/c1-13(2)16(5)21(7)12-17-11-15(4)20-18-10-14(3)8-9-19(17,18)6/h8,10,13,17,20H,4-5,9,11-12H2,1-3,6-7H3. The molecule has 1 aliphatic carbocycles. The molecule has 1 fully saturated rings. The van der Waals surface area contributed by atoms with E-state index in [9.17, 15) is 0 Å². The first-order valence-corrected chi connectivity index (χ1v) is 7.97. The number of hydrogen-bond acceptors (Lipinski definition) is 2. The molecule has 2 rings (SSSR count). The van der Waals surface area contributed by atoms with Crippen LogP contribution in [0, 0.1) is 17.3 Å². The van der Waals surface area contributed by atoms with Crippen LogP contribution in [0.2, 0.25) is 0 Å². The lowest BCUT2D eigenvalue weighted by molar-refractivity contribution is 0.154. The van der Waals surface area contributed by atoms with Gasteiger partial charge < -0.3 is 10.2 Å². The van der Waals surface area contributed by atoms with Gasteiger partial charge in [-0.25, -0.2) is 0 Å². The van der Waals surface area contributed by atoms with Gasteiger partial charge in [0, 0.05) is 36.1 Å². The van der Waals surface area contributed by atoms with Gasteiger partial charge in [-0.15, -0.1) is 0 Å². The topological polar surface area (TPSA) is 15.3 Å². The lowest BCUT2D eigenvalue weighted by Gasteiger charge is -2.48. The van der Waals surface area contributed by atoms with Crippen LogP contribution in [0.1, 0.15) is 40.5 Å². The van der Waals surface area contributed by atoms with E-state index in [4.69, 9.17) is 0 Å². The summed E-state index contributed by atoms with van der Waals surface area (Å²) in [4.78, 5) is 2.34. The van der Waals surface area contributed by atoms with Gasteiger partial charge in [-0.3, -0.25) is 0 Å². The average Bonchev–Trinajstić information content (AvgIpc) is 2.40. The van der Waals surface area contributed by atoms with E-state index in [0.717, 1.165) is 25.1 Å². The Labute approximate surface area is 130 Å². The van der Waals surface area contributed by atoms with Crippen molar-refractivity contribution in [3.05, 3.63) is 48.0 Å². The van der Waals surface area contributed by atoms with Crippen LogP contribution in [0.4, 0.5) is 0 Å². The highest BCUT2D eigenvalue weighted by molar-refractivity contribution is 5.35. The van der Waals surface area contributed by atoms with Gasteiger partial charge in [0.1, 0.15) is 0 Å². The number of nitrogens with one attached hydrogen (secondary N) is 1. The van der Waals surface area contributed by atoms with Crippen molar-refractivity contribution in [2.24, 2.45) is 17.3 Å². The van der Waals surface area contributed by atoms with Crippen LogP contribution in [-0.4, -0.2) is 18.5 Å². The molecule has 0 aromatic carbocycles. The fourth-order valence-corrected chi connectivity index (χ4v) is 3.42. The van der Waals surface area contributed by atoms with E-state index < -0.39 is 0 Å². The molecule has 0 aromatic rings. The van der Waals surface area contributed by atoms with E-state index >= 15 is 0 Å². The van der Waals surface area contributed by atoms with Crippen molar-refractivity contribution >= 4 is 0 Å². The fraction of sp³-hybridized carbons (Fsp3) is 0.579. The zero-order valence-electron chi connectivity index (χ0n) is 14.3. The van der Waals surface area contributed by atoms with Crippen molar-refractivity contribution in [1.82, 2.24) is 10.2 Å². The molecular formula is C19H30N2. The number of rotatable bonds is 4. The van der Waals surface area contributed by atoms with Crippen LogP contribution < -0.4 is 5.32 Å². The first-order chi connectivity index (χ1) is 9.74. The van der Waals surface area contributed by atoms with E-state index in [1.807, 2.05) is 0 Å². The summed E-state index contributed by atoms with van der Waals surface area (Å²) in [5, 5.41) is 3.53. The minimum atomic E-state index is 0.187. The second kappa shape index (κ2) is 5.75. The first-order valence-electron chi connectivity index (χ1n) is 7.97. The van der Waals surface area contributed by atoms with Crippen molar-refractivity contribution in [3.8, 4) is 0 Å². The number of fused-ring (bicyclic) bond motifs is 1. The molecule has 2 nitrogen and oxygen atoms in total. The average molecular weight is 286 g/mol. The van der Waals surface area contributed by atoms with E-state index in [1.165, 1.54) is 17.0 Å². The molecule has 116 valence electrons. The second-order valence-corrected chi connectivity index (χ2v) is 7.28. The maximum atomic E-state index is 4.24. The monoisotopic (exact) mass is 286 g/mol. The van der Waals surface area contributed by atoms with Gasteiger partial charge in [-0.05, 0) is 37.7 Å². The summed E-state index contributed by atoms with van der Waals surface area (Å²) in [7, 11) is 2.17. The Morgan fingerprint density at radius 1 is 1.52 bits per heavy atom. The molecule has 2 unspecified atom stereocenters. The highest BCUT2D eigenvalue weighted by atomic mass is 15.1. The third kappa shape index (κ3) is 3.09. The van der Waals surface area contributed by atoms with E-state index in [2.05, 4.69) is 70.3 Å². The smallest absolute Gasteiger partial charge is 0.0217 e. The second-order valence-electron chi connectivity index (χ2n) is 7.28. The third-order valence-corrected chi connectivity index (χ3v) is 5.19. The first kappa shape index (κ1) is 15.9. The minimum Gasteiger partial charge on any atom is -0.378 e. The molecule has 0 bridgehead atoms. The van der Waals surface area contributed by atoms with Gasteiger partial charge in [0.05, 0.1) is 0 Å². The van der Waals surface area contributed by atoms with Crippen LogP contribution in [0.25, 0.3) is 0 Å². The summed E-state index contributed by atoms with van der Waals surface area (Å²) < 4.78 is 0.